The molecule has 1 unspecified atom stereocenters. The number of nitrogens with one attached hydrogen (secondary N) is 1. The van der Waals surface area contributed by atoms with E-state index >= 15 is 0 Å². The van der Waals surface area contributed by atoms with E-state index in [0.717, 1.165) is 17.5 Å². The standard InChI is InChI=1S/C18H20N2O4/c1-3-15(14-10-8-13(2)9-11-14)19-18(21)12-24-17-7-5-4-6-16(17)20(22)23/h4-11,15H,3,12H2,1-2H3,(H,19,21). The summed E-state index contributed by atoms with van der Waals surface area (Å²) in [5.41, 5.74) is 2.01. The van der Waals surface area contributed by atoms with Crippen molar-refractivity contribution in [2.45, 2.75) is 26.3 Å². The van der Waals surface area contributed by atoms with Crippen molar-refractivity contribution in [1.82, 2.24) is 5.32 Å². The smallest absolute Gasteiger partial charge is 0.310 e. The summed E-state index contributed by atoms with van der Waals surface area (Å²) < 4.78 is 5.31. The fourth-order valence-electron chi connectivity index (χ4n) is 2.33. The van der Waals surface area contributed by atoms with Gasteiger partial charge in [-0.2, -0.15) is 0 Å². The van der Waals surface area contributed by atoms with Gasteiger partial charge in [0.25, 0.3) is 5.91 Å². The summed E-state index contributed by atoms with van der Waals surface area (Å²) in [5, 5.41) is 13.8. The molecule has 0 radical (unpaired) electrons. The lowest BCUT2D eigenvalue weighted by molar-refractivity contribution is -0.385. The number of aryl methyl sites for hydroxylation is 1. The van der Waals surface area contributed by atoms with Crippen molar-refractivity contribution in [3.8, 4) is 5.75 Å². The minimum Gasteiger partial charge on any atom is -0.477 e. The fourth-order valence-corrected chi connectivity index (χ4v) is 2.33. The highest BCUT2D eigenvalue weighted by Gasteiger charge is 2.17. The SMILES string of the molecule is CCC(NC(=O)COc1ccccc1[N+](=O)[O-])c1ccc(C)cc1. The first kappa shape index (κ1) is 17.5. The van der Waals surface area contributed by atoms with Gasteiger partial charge in [0.05, 0.1) is 11.0 Å². The van der Waals surface area contributed by atoms with Gasteiger partial charge in [0.15, 0.2) is 12.4 Å². The summed E-state index contributed by atoms with van der Waals surface area (Å²) in [5.74, 6) is -0.235. The van der Waals surface area contributed by atoms with Gasteiger partial charge in [-0.15, -0.1) is 0 Å². The van der Waals surface area contributed by atoms with Crippen molar-refractivity contribution >= 4 is 11.6 Å². The Balaban J connectivity index is 1.97. The average Bonchev–Trinajstić information content (AvgIpc) is 2.59. The molecule has 0 saturated heterocycles. The molecule has 0 saturated carbocycles. The second-order valence-corrected chi connectivity index (χ2v) is 5.45. The van der Waals surface area contributed by atoms with Gasteiger partial charge in [-0.1, -0.05) is 48.9 Å². The van der Waals surface area contributed by atoms with E-state index in [4.69, 9.17) is 4.74 Å². The molecule has 2 rings (SSSR count). The van der Waals surface area contributed by atoms with Crippen molar-refractivity contribution in [2.24, 2.45) is 0 Å². The van der Waals surface area contributed by atoms with E-state index in [1.54, 1.807) is 12.1 Å². The maximum absolute atomic E-state index is 12.1. The molecule has 6 nitrogen and oxygen atoms in total. The average molecular weight is 328 g/mol. The maximum atomic E-state index is 12.1. The molecule has 0 fully saturated rings. The van der Waals surface area contributed by atoms with Crippen LogP contribution in [-0.2, 0) is 4.79 Å². The summed E-state index contributed by atoms with van der Waals surface area (Å²) in [7, 11) is 0. The van der Waals surface area contributed by atoms with Gasteiger partial charge in [0.1, 0.15) is 0 Å². The Morgan fingerprint density at radius 3 is 2.50 bits per heavy atom. The van der Waals surface area contributed by atoms with Crippen LogP contribution >= 0.6 is 0 Å². The van der Waals surface area contributed by atoms with Gasteiger partial charge >= 0.3 is 5.69 Å². The first-order valence-electron chi connectivity index (χ1n) is 7.73. The molecule has 24 heavy (non-hydrogen) atoms. The number of carbonyl (C=O) groups is 1. The number of rotatable bonds is 7. The Labute approximate surface area is 140 Å². The van der Waals surface area contributed by atoms with Crippen LogP contribution in [0.2, 0.25) is 0 Å². The van der Waals surface area contributed by atoms with Crippen molar-refractivity contribution < 1.29 is 14.5 Å². The first-order valence-corrected chi connectivity index (χ1v) is 7.73. The van der Waals surface area contributed by atoms with E-state index in [1.165, 1.54) is 12.1 Å². The zero-order valence-corrected chi connectivity index (χ0v) is 13.7. The number of nitrogens with zero attached hydrogens (tertiary/aromatic N) is 1. The van der Waals surface area contributed by atoms with Crippen LogP contribution < -0.4 is 10.1 Å². The predicted molar refractivity (Wildman–Crippen MR) is 90.9 cm³/mol. The highest BCUT2D eigenvalue weighted by Crippen LogP contribution is 2.25. The van der Waals surface area contributed by atoms with E-state index in [2.05, 4.69) is 5.32 Å². The minimum atomic E-state index is -0.533. The Bertz CT molecular complexity index is 713. The summed E-state index contributed by atoms with van der Waals surface area (Å²) in [4.78, 5) is 22.5. The number of benzene rings is 2. The highest BCUT2D eigenvalue weighted by molar-refractivity contribution is 5.78. The topological polar surface area (TPSA) is 81.5 Å². The Kier molecular flexibility index (Phi) is 5.89. The van der Waals surface area contributed by atoms with E-state index < -0.39 is 4.92 Å². The van der Waals surface area contributed by atoms with Crippen molar-refractivity contribution in [2.75, 3.05) is 6.61 Å². The lowest BCUT2D eigenvalue weighted by Crippen LogP contribution is -2.32. The molecule has 1 atom stereocenters. The summed E-state index contributed by atoms with van der Waals surface area (Å²) >= 11 is 0. The number of hydrogen-bond acceptors (Lipinski definition) is 4. The minimum absolute atomic E-state index is 0.0843. The van der Waals surface area contributed by atoms with Crippen molar-refractivity contribution in [3.05, 3.63) is 69.8 Å². The summed E-state index contributed by atoms with van der Waals surface area (Å²) in [6, 6.07) is 13.8. The Morgan fingerprint density at radius 1 is 1.21 bits per heavy atom. The molecular formula is C18H20N2O4. The summed E-state index contributed by atoms with van der Waals surface area (Å²) in [6.07, 6.45) is 0.736. The van der Waals surface area contributed by atoms with Crippen LogP contribution in [0, 0.1) is 17.0 Å². The van der Waals surface area contributed by atoms with E-state index in [1.807, 2.05) is 38.1 Å². The zero-order valence-electron chi connectivity index (χ0n) is 13.7. The molecule has 1 amide bonds. The predicted octanol–water partition coefficient (Wildman–Crippen LogP) is 3.55. The maximum Gasteiger partial charge on any atom is 0.310 e. The van der Waals surface area contributed by atoms with Crippen molar-refractivity contribution in [1.29, 1.82) is 0 Å². The number of amides is 1. The third kappa shape index (κ3) is 4.55. The van der Waals surface area contributed by atoms with Gasteiger partial charge in [0, 0.05) is 6.07 Å². The number of hydrogen-bond donors (Lipinski definition) is 1. The molecule has 1 N–H and O–H groups in total. The fraction of sp³-hybridized carbons (Fsp3) is 0.278. The molecule has 0 bridgehead atoms. The largest absolute Gasteiger partial charge is 0.477 e. The normalized spacial score (nSPS) is 11.6. The molecule has 6 heteroatoms. The quantitative estimate of drug-likeness (QED) is 0.622. The molecule has 0 heterocycles. The third-order valence-electron chi connectivity index (χ3n) is 3.64. The first-order chi connectivity index (χ1) is 11.5. The second kappa shape index (κ2) is 8.10. The Morgan fingerprint density at radius 2 is 1.88 bits per heavy atom. The summed E-state index contributed by atoms with van der Waals surface area (Å²) in [6.45, 7) is 3.71. The highest BCUT2D eigenvalue weighted by atomic mass is 16.6. The lowest BCUT2D eigenvalue weighted by Gasteiger charge is -2.18. The number of nitro benzene ring substituents is 1. The van der Waals surface area contributed by atoms with E-state index in [0.29, 0.717) is 0 Å². The molecular weight excluding hydrogens is 308 g/mol. The number of ether oxygens (including phenoxy) is 1. The van der Waals surface area contributed by atoms with Crippen LogP contribution in [0.15, 0.2) is 48.5 Å². The third-order valence-corrected chi connectivity index (χ3v) is 3.64. The monoisotopic (exact) mass is 328 g/mol. The molecule has 0 spiro atoms. The molecule has 0 aliphatic carbocycles. The van der Waals surface area contributed by atoms with Gasteiger partial charge in [-0.3, -0.25) is 14.9 Å². The Hall–Kier alpha value is -2.89. The van der Waals surface area contributed by atoms with E-state index in [-0.39, 0.29) is 30.0 Å². The van der Waals surface area contributed by atoms with Crippen LogP contribution in [0.25, 0.3) is 0 Å². The molecule has 0 aliphatic rings. The van der Waals surface area contributed by atoms with Crippen molar-refractivity contribution in [3.63, 3.8) is 0 Å². The van der Waals surface area contributed by atoms with Gasteiger partial charge < -0.3 is 10.1 Å². The van der Waals surface area contributed by atoms with Gasteiger partial charge in [-0.25, -0.2) is 0 Å². The molecule has 2 aromatic carbocycles. The number of para-hydroxylation sites is 2. The zero-order chi connectivity index (χ0) is 17.5. The van der Waals surface area contributed by atoms with Gasteiger partial charge in [0.2, 0.25) is 0 Å². The second-order valence-electron chi connectivity index (χ2n) is 5.45. The van der Waals surface area contributed by atoms with Crippen LogP contribution in [0.5, 0.6) is 5.75 Å². The van der Waals surface area contributed by atoms with Crippen LogP contribution in [-0.4, -0.2) is 17.4 Å². The molecule has 0 aromatic heterocycles. The lowest BCUT2D eigenvalue weighted by atomic mass is 10.0. The molecule has 126 valence electrons. The van der Waals surface area contributed by atoms with E-state index in [9.17, 15) is 14.9 Å². The van der Waals surface area contributed by atoms with Crippen LogP contribution in [0.4, 0.5) is 5.69 Å². The molecule has 0 aliphatic heterocycles. The van der Waals surface area contributed by atoms with Crippen LogP contribution in [0.1, 0.15) is 30.5 Å². The molecule has 2 aromatic rings. The van der Waals surface area contributed by atoms with Crippen LogP contribution in [0.3, 0.4) is 0 Å². The number of nitro groups is 1. The number of carbonyl (C=O) groups excluding carboxylic acids is 1. The van der Waals surface area contributed by atoms with Gasteiger partial charge in [-0.05, 0) is 25.0 Å².